The summed E-state index contributed by atoms with van der Waals surface area (Å²) in [6.07, 6.45) is 5.14. The topological polar surface area (TPSA) is 44.5 Å². The lowest BCUT2D eigenvalue weighted by Crippen LogP contribution is -2.29. The van der Waals surface area contributed by atoms with Gasteiger partial charge in [-0.05, 0) is 24.8 Å². The first-order chi connectivity index (χ1) is 9.99. The predicted molar refractivity (Wildman–Crippen MR) is 77.4 cm³/mol. The van der Waals surface area contributed by atoms with Crippen LogP contribution >= 0.6 is 0 Å². The van der Waals surface area contributed by atoms with Crippen LogP contribution in [0, 0.1) is 5.92 Å². The lowest BCUT2D eigenvalue weighted by atomic mass is 9.97. The zero-order valence-corrected chi connectivity index (χ0v) is 12.3. The van der Waals surface area contributed by atoms with E-state index >= 15 is 0 Å². The molecule has 0 radical (unpaired) electrons. The average molecular weight is 297 g/mol. The molecule has 3 nitrogen and oxygen atoms in total. The van der Waals surface area contributed by atoms with E-state index in [0.717, 1.165) is 12.0 Å². The van der Waals surface area contributed by atoms with Gasteiger partial charge >= 0.3 is 0 Å². The summed E-state index contributed by atoms with van der Waals surface area (Å²) >= 11 is 0. The van der Waals surface area contributed by atoms with Gasteiger partial charge in [-0.1, -0.05) is 26.0 Å². The minimum absolute atomic E-state index is 0.116. The van der Waals surface area contributed by atoms with E-state index in [1.807, 2.05) is 6.08 Å². The second-order valence-electron chi connectivity index (χ2n) is 5.66. The Morgan fingerprint density at radius 3 is 2.81 bits per heavy atom. The Morgan fingerprint density at radius 2 is 2.14 bits per heavy atom. The molecule has 116 valence electrons. The lowest BCUT2D eigenvalue weighted by Gasteiger charge is -2.25. The van der Waals surface area contributed by atoms with Crippen LogP contribution in [-0.4, -0.2) is 19.1 Å². The minimum atomic E-state index is -2.59. The van der Waals surface area contributed by atoms with Gasteiger partial charge in [-0.15, -0.1) is 0 Å². The van der Waals surface area contributed by atoms with E-state index in [2.05, 4.69) is 13.8 Å². The van der Waals surface area contributed by atoms with Gasteiger partial charge < -0.3 is 15.2 Å². The normalized spacial score (nSPS) is 19.2. The highest BCUT2D eigenvalue weighted by atomic mass is 19.3. The molecule has 0 bridgehead atoms. The number of rotatable bonds is 6. The maximum absolute atomic E-state index is 13.2. The molecule has 21 heavy (non-hydrogen) atoms. The highest BCUT2D eigenvalue weighted by Gasteiger charge is 2.29. The molecule has 0 spiro atoms. The summed E-state index contributed by atoms with van der Waals surface area (Å²) in [7, 11) is 0. The van der Waals surface area contributed by atoms with Crippen molar-refractivity contribution in [2.24, 2.45) is 11.7 Å². The first-order valence-corrected chi connectivity index (χ1v) is 7.13. The van der Waals surface area contributed by atoms with Gasteiger partial charge in [0, 0.05) is 11.6 Å². The summed E-state index contributed by atoms with van der Waals surface area (Å²) in [5.41, 5.74) is 6.68. The van der Waals surface area contributed by atoms with Crippen molar-refractivity contribution in [1.29, 1.82) is 0 Å². The third kappa shape index (κ3) is 3.94. The van der Waals surface area contributed by atoms with Crippen LogP contribution in [0.15, 0.2) is 47.2 Å². The molecule has 5 heteroatoms. The van der Waals surface area contributed by atoms with Crippen LogP contribution in [0.2, 0.25) is 0 Å². The molecule has 0 aromatic carbocycles. The number of halogens is 2. The van der Waals surface area contributed by atoms with Gasteiger partial charge in [-0.3, -0.25) is 0 Å². The monoisotopic (exact) mass is 297 g/mol. The quantitative estimate of drug-likeness (QED) is 0.814. The maximum Gasteiger partial charge on any atom is 0.267 e. The van der Waals surface area contributed by atoms with E-state index in [-0.39, 0.29) is 24.0 Å². The van der Waals surface area contributed by atoms with Crippen LogP contribution in [-0.2, 0) is 9.47 Å². The van der Waals surface area contributed by atoms with E-state index in [0.29, 0.717) is 18.1 Å². The second kappa shape index (κ2) is 6.89. The summed E-state index contributed by atoms with van der Waals surface area (Å²) in [6, 6.07) is -0.189. The molecule has 1 atom stereocenters. The Hall–Kier alpha value is -1.62. The van der Waals surface area contributed by atoms with Gasteiger partial charge in [-0.2, -0.15) is 0 Å². The predicted octanol–water partition coefficient (Wildman–Crippen LogP) is 3.65. The molecule has 0 amide bonds. The highest BCUT2D eigenvalue weighted by molar-refractivity contribution is 5.48. The van der Waals surface area contributed by atoms with Crippen molar-refractivity contribution in [2.75, 3.05) is 6.61 Å². The number of fused-ring (bicyclic) bond motifs is 1. The summed E-state index contributed by atoms with van der Waals surface area (Å²) in [4.78, 5) is 0. The van der Waals surface area contributed by atoms with Crippen molar-refractivity contribution in [3.8, 4) is 0 Å². The average Bonchev–Trinajstić information content (AvgIpc) is 2.43. The fraction of sp³-hybridized carbons (Fsp3) is 0.500. The van der Waals surface area contributed by atoms with Gasteiger partial charge in [0.1, 0.15) is 6.61 Å². The van der Waals surface area contributed by atoms with E-state index in [1.54, 1.807) is 6.08 Å². The fourth-order valence-electron chi connectivity index (χ4n) is 2.42. The number of nitrogens with two attached hydrogens (primary N) is 1. The summed E-state index contributed by atoms with van der Waals surface area (Å²) in [6.45, 7) is 4.31. The number of hydrogen-bond donors (Lipinski definition) is 1. The number of alkyl halides is 2. The summed E-state index contributed by atoms with van der Waals surface area (Å²) in [5, 5.41) is 0. The Morgan fingerprint density at radius 1 is 1.38 bits per heavy atom. The standard InChI is InChI=1S/C16H21F2NO2/c1-10(2)8-12(19)9-21-15-13(16(17)18)6-5-11-4-3-7-20-14(11)15/h3-4,6-7,10,12,16H,5,8-9,19H2,1-2H3. The zero-order chi connectivity index (χ0) is 15.4. The van der Waals surface area contributed by atoms with Crippen LogP contribution in [0.1, 0.15) is 26.7 Å². The van der Waals surface area contributed by atoms with Crippen LogP contribution in [0.5, 0.6) is 0 Å². The molecule has 1 aliphatic heterocycles. The van der Waals surface area contributed by atoms with E-state index in [4.69, 9.17) is 15.2 Å². The van der Waals surface area contributed by atoms with Gasteiger partial charge in [0.05, 0.1) is 11.8 Å². The first-order valence-electron chi connectivity index (χ1n) is 7.13. The summed E-state index contributed by atoms with van der Waals surface area (Å²) in [5.74, 6) is 0.931. The van der Waals surface area contributed by atoms with Crippen molar-refractivity contribution >= 4 is 0 Å². The Bertz CT molecular complexity index is 504. The van der Waals surface area contributed by atoms with Crippen LogP contribution in [0.25, 0.3) is 0 Å². The molecule has 1 aliphatic carbocycles. The molecule has 1 unspecified atom stereocenters. The van der Waals surface area contributed by atoms with Gasteiger partial charge in [0.2, 0.25) is 0 Å². The first kappa shape index (κ1) is 15.8. The Balaban J connectivity index is 2.15. The van der Waals surface area contributed by atoms with Crippen molar-refractivity contribution in [3.05, 3.63) is 47.2 Å². The lowest BCUT2D eigenvalue weighted by molar-refractivity contribution is 0.136. The van der Waals surface area contributed by atoms with Crippen LogP contribution < -0.4 is 5.73 Å². The molecular weight excluding hydrogens is 276 g/mol. The molecule has 2 N–H and O–H groups in total. The SMILES string of the molecule is CC(C)CC(N)COC1=C2OC=CC=C2CC=C1C(F)F. The van der Waals surface area contributed by atoms with Gasteiger partial charge in [-0.25, -0.2) is 8.78 Å². The molecule has 0 aromatic heterocycles. The molecule has 0 aromatic rings. The third-order valence-electron chi connectivity index (χ3n) is 3.31. The Labute approximate surface area is 123 Å². The van der Waals surface area contributed by atoms with Gasteiger partial charge in [0.15, 0.2) is 11.5 Å². The molecule has 0 saturated heterocycles. The highest BCUT2D eigenvalue weighted by Crippen LogP contribution is 2.35. The molecule has 0 fully saturated rings. The maximum atomic E-state index is 13.2. The largest absolute Gasteiger partial charge is 0.488 e. The van der Waals surface area contributed by atoms with E-state index in [1.165, 1.54) is 12.3 Å². The molecule has 1 heterocycles. The number of ether oxygens (including phenoxy) is 2. The Kier molecular flexibility index (Phi) is 5.17. The zero-order valence-electron chi connectivity index (χ0n) is 12.3. The number of allylic oxidation sites excluding steroid dienone is 5. The molecule has 0 saturated carbocycles. The van der Waals surface area contributed by atoms with Crippen molar-refractivity contribution < 1.29 is 18.3 Å². The second-order valence-corrected chi connectivity index (χ2v) is 5.66. The minimum Gasteiger partial charge on any atom is -0.488 e. The smallest absolute Gasteiger partial charge is 0.267 e. The van der Waals surface area contributed by atoms with E-state index in [9.17, 15) is 8.78 Å². The molecule has 2 aliphatic rings. The van der Waals surface area contributed by atoms with Crippen molar-refractivity contribution in [2.45, 2.75) is 39.2 Å². The number of hydrogen-bond acceptors (Lipinski definition) is 3. The molecular formula is C16H21F2NO2. The van der Waals surface area contributed by atoms with Crippen molar-refractivity contribution in [1.82, 2.24) is 0 Å². The van der Waals surface area contributed by atoms with Crippen molar-refractivity contribution in [3.63, 3.8) is 0 Å². The van der Waals surface area contributed by atoms with Gasteiger partial charge in [0.25, 0.3) is 6.43 Å². The van der Waals surface area contributed by atoms with E-state index < -0.39 is 6.43 Å². The third-order valence-corrected chi connectivity index (χ3v) is 3.31. The fourth-order valence-corrected chi connectivity index (χ4v) is 2.42. The van der Waals surface area contributed by atoms with Crippen LogP contribution in [0.3, 0.4) is 0 Å². The van der Waals surface area contributed by atoms with Crippen LogP contribution in [0.4, 0.5) is 8.78 Å². The molecule has 2 rings (SSSR count). The summed E-state index contributed by atoms with van der Waals surface area (Å²) < 4.78 is 37.3.